The summed E-state index contributed by atoms with van der Waals surface area (Å²) in [4.78, 5) is 34.4. The monoisotopic (exact) mass is 293 g/mol. The summed E-state index contributed by atoms with van der Waals surface area (Å²) in [6, 6.07) is 5.94. The molecule has 1 N–H and O–H groups in total. The van der Waals surface area contributed by atoms with Gasteiger partial charge in [-0.2, -0.15) is 0 Å². The molecule has 6 nitrogen and oxygen atoms in total. The summed E-state index contributed by atoms with van der Waals surface area (Å²) < 4.78 is 9.50. The van der Waals surface area contributed by atoms with Crippen LogP contribution in [-0.2, 0) is 14.3 Å². The Bertz CT molecular complexity index is 507. The van der Waals surface area contributed by atoms with Gasteiger partial charge in [-0.25, -0.2) is 4.79 Å². The Labute approximate surface area is 123 Å². The summed E-state index contributed by atoms with van der Waals surface area (Å²) in [6.45, 7) is 3.98. The zero-order chi connectivity index (χ0) is 15.8. The average Bonchev–Trinajstić information content (AvgIpc) is 2.49. The highest BCUT2D eigenvalue weighted by Gasteiger charge is 2.11. The molecule has 21 heavy (non-hydrogen) atoms. The number of ether oxygens (including phenoxy) is 2. The molecule has 0 aliphatic rings. The van der Waals surface area contributed by atoms with Crippen molar-refractivity contribution in [2.45, 2.75) is 13.8 Å². The third-order valence-electron chi connectivity index (χ3n) is 2.54. The molecule has 6 heteroatoms. The van der Waals surface area contributed by atoms with E-state index in [1.54, 1.807) is 0 Å². The van der Waals surface area contributed by atoms with Crippen LogP contribution in [0.4, 0.5) is 0 Å². The number of carbonyl (C=O) groups excluding carboxylic acids is 3. The second kappa shape index (κ2) is 8.04. The van der Waals surface area contributed by atoms with Crippen molar-refractivity contribution >= 4 is 17.8 Å². The van der Waals surface area contributed by atoms with Gasteiger partial charge in [0, 0.05) is 5.56 Å². The number of hydrogen-bond donors (Lipinski definition) is 1. The quantitative estimate of drug-likeness (QED) is 0.802. The number of esters is 2. The lowest BCUT2D eigenvalue weighted by Gasteiger charge is -2.08. The van der Waals surface area contributed by atoms with Gasteiger partial charge in [0.1, 0.15) is 6.54 Å². The van der Waals surface area contributed by atoms with Crippen LogP contribution in [0.2, 0.25) is 0 Å². The number of nitrogens with one attached hydrogen (secondary N) is 1. The third kappa shape index (κ3) is 5.64. The Morgan fingerprint density at radius 1 is 1.10 bits per heavy atom. The van der Waals surface area contributed by atoms with E-state index in [2.05, 4.69) is 10.1 Å². The van der Waals surface area contributed by atoms with Gasteiger partial charge in [0.05, 0.1) is 19.3 Å². The molecule has 114 valence electrons. The van der Waals surface area contributed by atoms with Crippen molar-refractivity contribution in [3.63, 3.8) is 0 Å². The van der Waals surface area contributed by atoms with Crippen molar-refractivity contribution in [3.05, 3.63) is 35.4 Å². The lowest BCUT2D eigenvalue weighted by molar-refractivity contribution is -0.143. The summed E-state index contributed by atoms with van der Waals surface area (Å²) in [7, 11) is 1.28. The molecule has 0 aliphatic heterocycles. The lowest BCUT2D eigenvalue weighted by atomic mass is 10.1. The van der Waals surface area contributed by atoms with Crippen molar-refractivity contribution in [1.29, 1.82) is 0 Å². The first kappa shape index (κ1) is 16.7. The Morgan fingerprint density at radius 2 is 1.67 bits per heavy atom. The molecule has 1 aromatic rings. The molecular formula is C15H19NO5. The second-order valence-corrected chi connectivity index (χ2v) is 4.83. The first-order valence-corrected chi connectivity index (χ1v) is 6.56. The van der Waals surface area contributed by atoms with E-state index in [1.807, 2.05) is 13.8 Å². The molecule has 1 amide bonds. The normalized spacial score (nSPS) is 10.1. The van der Waals surface area contributed by atoms with Gasteiger partial charge in [0.2, 0.25) is 0 Å². The topological polar surface area (TPSA) is 81.7 Å². The first-order chi connectivity index (χ1) is 9.93. The van der Waals surface area contributed by atoms with E-state index < -0.39 is 17.8 Å². The summed E-state index contributed by atoms with van der Waals surface area (Å²) in [5, 5.41) is 2.46. The molecule has 0 aromatic heterocycles. The van der Waals surface area contributed by atoms with Crippen LogP contribution in [0.15, 0.2) is 24.3 Å². The maximum Gasteiger partial charge on any atom is 0.337 e. The van der Waals surface area contributed by atoms with E-state index in [0.717, 1.165) is 0 Å². The van der Waals surface area contributed by atoms with Gasteiger partial charge in [0.25, 0.3) is 5.91 Å². The van der Waals surface area contributed by atoms with E-state index in [1.165, 1.54) is 31.4 Å². The Morgan fingerprint density at radius 3 is 2.19 bits per heavy atom. The van der Waals surface area contributed by atoms with E-state index in [4.69, 9.17) is 4.74 Å². The average molecular weight is 293 g/mol. The molecule has 0 spiro atoms. The van der Waals surface area contributed by atoms with Crippen LogP contribution in [0.3, 0.4) is 0 Å². The molecule has 0 saturated heterocycles. The van der Waals surface area contributed by atoms with Gasteiger partial charge in [-0.05, 0) is 30.2 Å². The molecule has 0 aliphatic carbocycles. The molecule has 0 saturated carbocycles. The molecule has 0 heterocycles. The first-order valence-electron chi connectivity index (χ1n) is 6.56. The highest BCUT2D eigenvalue weighted by molar-refractivity contribution is 5.97. The summed E-state index contributed by atoms with van der Waals surface area (Å²) in [5.41, 5.74) is 0.699. The van der Waals surface area contributed by atoms with Gasteiger partial charge in [-0.1, -0.05) is 13.8 Å². The largest absolute Gasteiger partial charge is 0.465 e. The summed E-state index contributed by atoms with van der Waals surface area (Å²) in [6.07, 6.45) is 0. The zero-order valence-electron chi connectivity index (χ0n) is 12.3. The molecule has 1 aromatic carbocycles. The van der Waals surface area contributed by atoms with Crippen LogP contribution in [0, 0.1) is 5.92 Å². The number of rotatable bonds is 6. The number of benzene rings is 1. The van der Waals surface area contributed by atoms with Gasteiger partial charge in [-0.15, -0.1) is 0 Å². The Hall–Kier alpha value is -2.37. The van der Waals surface area contributed by atoms with Gasteiger partial charge in [0.15, 0.2) is 0 Å². The maximum absolute atomic E-state index is 11.8. The van der Waals surface area contributed by atoms with Crippen LogP contribution >= 0.6 is 0 Å². The van der Waals surface area contributed by atoms with Gasteiger partial charge >= 0.3 is 11.9 Å². The zero-order valence-corrected chi connectivity index (χ0v) is 12.3. The van der Waals surface area contributed by atoms with Crippen LogP contribution in [0.25, 0.3) is 0 Å². The molecule has 0 bridgehead atoms. The fourth-order valence-electron chi connectivity index (χ4n) is 1.44. The predicted molar refractivity (Wildman–Crippen MR) is 75.9 cm³/mol. The van der Waals surface area contributed by atoms with E-state index in [0.29, 0.717) is 17.7 Å². The van der Waals surface area contributed by atoms with E-state index in [9.17, 15) is 14.4 Å². The molecule has 0 unspecified atom stereocenters. The number of hydrogen-bond acceptors (Lipinski definition) is 5. The van der Waals surface area contributed by atoms with Crippen molar-refractivity contribution in [2.24, 2.45) is 5.92 Å². The van der Waals surface area contributed by atoms with E-state index in [-0.39, 0.29) is 12.5 Å². The van der Waals surface area contributed by atoms with Crippen LogP contribution < -0.4 is 5.32 Å². The SMILES string of the molecule is COC(=O)c1ccc(C(=O)NCC(=O)OCC(C)C)cc1. The molecule has 0 fully saturated rings. The van der Waals surface area contributed by atoms with Crippen LogP contribution in [0.1, 0.15) is 34.6 Å². The van der Waals surface area contributed by atoms with E-state index >= 15 is 0 Å². The van der Waals surface area contributed by atoms with Crippen LogP contribution in [-0.4, -0.2) is 38.1 Å². The molecule has 0 radical (unpaired) electrons. The summed E-state index contributed by atoms with van der Waals surface area (Å²) >= 11 is 0. The Kier molecular flexibility index (Phi) is 6.39. The Balaban J connectivity index is 2.48. The fourth-order valence-corrected chi connectivity index (χ4v) is 1.44. The standard InChI is InChI=1S/C15H19NO5/c1-10(2)9-21-13(17)8-16-14(18)11-4-6-12(7-5-11)15(19)20-3/h4-7,10H,8-9H2,1-3H3,(H,16,18). The second-order valence-electron chi connectivity index (χ2n) is 4.83. The lowest BCUT2D eigenvalue weighted by Crippen LogP contribution is -2.31. The van der Waals surface area contributed by atoms with Gasteiger partial charge in [-0.3, -0.25) is 9.59 Å². The number of methoxy groups -OCH3 is 1. The predicted octanol–water partition coefficient (Wildman–Crippen LogP) is 1.40. The van der Waals surface area contributed by atoms with Crippen molar-refractivity contribution < 1.29 is 23.9 Å². The number of amides is 1. The minimum Gasteiger partial charge on any atom is -0.465 e. The van der Waals surface area contributed by atoms with Gasteiger partial charge < -0.3 is 14.8 Å². The number of carbonyl (C=O) groups is 3. The van der Waals surface area contributed by atoms with Crippen molar-refractivity contribution in [3.8, 4) is 0 Å². The minimum atomic E-state index is -0.483. The van der Waals surface area contributed by atoms with Crippen LogP contribution in [0.5, 0.6) is 0 Å². The fraction of sp³-hybridized carbons (Fsp3) is 0.400. The summed E-state index contributed by atoms with van der Waals surface area (Å²) in [5.74, 6) is -1.12. The highest BCUT2D eigenvalue weighted by Crippen LogP contribution is 2.05. The third-order valence-corrected chi connectivity index (χ3v) is 2.54. The molecule has 1 rings (SSSR count). The maximum atomic E-state index is 11.8. The molecular weight excluding hydrogens is 274 g/mol. The smallest absolute Gasteiger partial charge is 0.337 e. The minimum absolute atomic E-state index is 0.190. The van der Waals surface area contributed by atoms with Crippen molar-refractivity contribution in [2.75, 3.05) is 20.3 Å². The molecule has 0 atom stereocenters. The van der Waals surface area contributed by atoms with Crippen molar-refractivity contribution in [1.82, 2.24) is 5.32 Å². The highest BCUT2D eigenvalue weighted by atomic mass is 16.5.